The fourth-order valence-electron chi connectivity index (χ4n) is 2.65. The Morgan fingerprint density at radius 3 is 2.89 bits per heavy atom. The van der Waals surface area contributed by atoms with Crippen LogP contribution in [0.25, 0.3) is 0 Å². The van der Waals surface area contributed by atoms with E-state index in [1.54, 1.807) is 4.90 Å². The number of carbonyl (C=O) groups is 1. The molecule has 0 aromatic carbocycles. The molecular formula is C11H21N5O3. The third kappa shape index (κ3) is 2.96. The Morgan fingerprint density at radius 1 is 1.47 bits per heavy atom. The second-order valence-electron chi connectivity index (χ2n) is 5.03. The molecule has 2 heterocycles. The molecule has 2 rings (SSSR count). The van der Waals surface area contributed by atoms with Gasteiger partial charge in [-0.05, 0) is 12.8 Å². The molecule has 0 aliphatic carbocycles. The first-order valence-corrected chi connectivity index (χ1v) is 6.46. The molecule has 4 atom stereocenters. The highest BCUT2D eigenvalue weighted by atomic mass is 16.3. The van der Waals surface area contributed by atoms with Gasteiger partial charge >= 0.3 is 0 Å². The number of amides is 1. The van der Waals surface area contributed by atoms with E-state index in [0.717, 1.165) is 0 Å². The monoisotopic (exact) mass is 271 g/mol. The fraction of sp³-hybridized carbons (Fsp3) is 0.818. The molecule has 2 aliphatic rings. The van der Waals surface area contributed by atoms with Gasteiger partial charge in [-0.2, -0.15) is 0 Å². The van der Waals surface area contributed by atoms with E-state index < -0.39 is 12.2 Å². The average Bonchev–Trinajstić information content (AvgIpc) is 2.65. The number of hydrogen-bond donors (Lipinski definition) is 5. The number of nitrogens with zero attached hydrogens (tertiary/aromatic N) is 2. The summed E-state index contributed by atoms with van der Waals surface area (Å²) in [7, 11) is 0. The van der Waals surface area contributed by atoms with Gasteiger partial charge in [-0.25, -0.2) is 0 Å². The van der Waals surface area contributed by atoms with Gasteiger partial charge < -0.3 is 31.9 Å². The van der Waals surface area contributed by atoms with Crippen LogP contribution in [-0.4, -0.2) is 70.9 Å². The Labute approximate surface area is 111 Å². The van der Waals surface area contributed by atoms with Gasteiger partial charge in [-0.15, -0.1) is 0 Å². The first kappa shape index (κ1) is 14.0. The fourth-order valence-corrected chi connectivity index (χ4v) is 2.65. The van der Waals surface area contributed by atoms with E-state index in [0.29, 0.717) is 25.9 Å². The van der Waals surface area contributed by atoms with Crippen LogP contribution in [0.2, 0.25) is 0 Å². The van der Waals surface area contributed by atoms with Gasteiger partial charge in [0.05, 0.1) is 18.2 Å². The Bertz CT molecular complexity index is 371. The number of rotatable bonds is 4. The molecule has 8 heteroatoms. The second kappa shape index (κ2) is 5.72. The maximum absolute atomic E-state index is 12.2. The summed E-state index contributed by atoms with van der Waals surface area (Å²) in [5, 5.41) is 22.4. The van der Waals surface area contributed by atoms with E-state index >= 15 is 0 Å². The van der Waals surface area contributed by atoms with E-state index in [1.165, 1.54) is 0 Å². The van der Waals surface area contributed by atoms with E-state index in [2.05, 4.69) is 10.3 Å². The number of fused-ring (bicyclic) bond motifs is 1. The number of aliphatic imine (C=N–C) groups is 1. The van der Waals surface area contributed by atoms with E-state index in [9.17, 15) is 15.0 Å². The smallest absolute Gasteiger partial charge is 0.240 e. The van der Waals surface area contributed by atoms with Gasteiger partial charge in [0.2, 0.25) is 5.91 Å². The minimum absolute atomic E-state index is 0.0498. The summed E-state index contributed by atoms with van der Waals surface area (Å²) in [6.45, 7) is 1.19. The molecule has 2 fully saturated rings. The van der Waals surface area contributed by atoms with Crippen molar-refractivity contribution in [3.8, 4) is 0 Å². The van der Waals surface area contributed by atoms with E-state index in [1.807, 2.05) is 0 Å². The highest BCUT2D eigenvalue weighted by Gasteiger charge is 2.46. The molecule has 1 amide bonds. The zero-order valence-electron chi connectivity index (χ0n) is 10.7. The Morgan fingerprint density at radius 2 is 2.21 bits per heavy atom. The first-order chi connectivity index (χ1) is 9.00. The Kier molecular flexibility index (Phi) is 4.23. The second-order valence-corrected chi connectivity index (χ2v) is 5.03. The Balaban J connectivity index is 1.85. The molecule has 0 aromatic heterocycles. The predicted octanol–water partition coefficient (Wildman–Crippen LogP) is -3.06. The lowest BCUT2D eigenvalue weighted by Crippen LogP contribution is -2.59. The normalized spacial score (nSPS) is 34.2. The molecule has 0 unspecified atom stereocenters. The van der Waals surface area contributed by atoms with Crippen molar-refractivity contribution in [1.29, 1.82) is 0 Å². The largest absolute Gasteiger partial charge is 0.388 e. The predicted molar refractivity (Wildman–Crippen MR) is 69.2 cm³/mol. The maximum atomic E-state index is 12.2. The lowest BCUT2D eigenvalue weighted by Gasteiger charge is -2.36. The van der Waals surface area contributed by atoms with Gasteiger partial charge in [0.1, 0.15) is 6.10 Å². The zero-order valence-corrected chi connectivity index (χ0v) is 10.7. The van der Waals surface area contributed by atoms with Crippen LogP contribution in [0.5, 0.6) is 0 Å². The number of nitrogens with one attached hydrogen (secondary N) is 1. The van der Waals surface area contributed by atoms with Gasteiger partial charge in [0.25, 0.3) is 0 Å². The summed E-state index contributed by atoms with van der Waals surface area (Å²) in [5.41, 5.74) is 10.4. The van der Waals surface area contributed by atoms with Crippen molar-refractivity contribution >= 4 is 11.9 Å². The highest BCUT2D eigenvalue weighted by molar-refractivity contribution is 5.83. The van der Waals surface area contributed by atoms with E-state index in [-0.39, 0.29) is 30.5 Å². The highest BCUT2D eigenvalue weighted by Crippen LogP contribution is 2.23. The van der Waals surface area contributed by atoms with Crippen LogP contribution >= 0.6 is 0 Å². The SMILES string of the molecule is NC(N)=NCCC[C@@H]1NC[C@@H]2[C@@H](O)[C@H](O)CN2C1=O. The molecule has 0 bridgehead atoms. The molecule has 2 aliphatic heterocycles. The molecule has 0 aromatic rings. The van der Waals surface area contributed by atoms with Crippen molar-refractivity contribution in [2.75, 3.05) is 19.6 Å². The van der Waals surface area contributed by atoms with Gasteiger partial charge in [-0.3, -0.25) is 9.79 Å². The average molecular weight is 271 g/mol. The third-order valence-electron chi connectivity index (χ3n) is 3.67. The van der Waals surface area contributed by atoms with Crippen LogP contribution < -0.4 is 16.8 Å². The first-order valence-electron chi connectivity index (χ1n) is 6.46. The molecule has 0 saturated carbocycles. The standard InChI is InChI=1S/C11H21N5O3/c12-11(13)14-3-1-2-6-10(19)16-5-8(17)9(18)7(16)4-15-6/h6-9,15,17-18H,1-5H2,(H4,12,13,14)/t6-,7+,8+,9+/m0/s1. The van der Waals surface area contributed by atoms with Crippen LogP contribution in [0.3, 0.4) is 0 Å². The van der Waals surface area contributed by atoms with Gasteiger partial charge in [0, 0.05) is 19.6 Å². The number of piperazine rings is 1. The van der Waals surface area contributed by atoms with Crippen LogP contribution in [0, 0.1) is 0 Å². The molecule has 2 saturated heterocycles. The molecule has 7 N–H and O–H groups in total. The van der Waals surface area contributed by atoms with Crippen LogP contribution in [0.4, 0.5) is 0 Å². The molecule has 8 nitrogen and oxygen atoms in total. The van der Waals surface area contributed by atoms with Crippen molar-refractivity contribution in [3.05, 3.63) is 0 Å². The summed E-state index contributed by atoms with van der Waals surface area (Å²) in [4.78, 5) is 17.6. The van der Waals surface area contributed by atoms with Gasteiger partial charge in [0.15, 0.2) is 5.96 Å². The van der Waals surface area contributed by atoms with Crippen molar-refractivity contribution in [2.24, 2.45) is 16.5 Å². The minimum atomic E-state index is -0.862. The Hall–Kier alpha value is -1.38. The lowest BCUT2D eigenvalue weighted by atomic mass is 10.0. The summed E-state index contributed by atoms with van der Waals surface area (Å²) in [5.74, 6) is -0.0228. The number of carbonyl (C=O) groups excluding carboxylic acids is 1. The van der Waals surface area contributed by atoms with Crippen LogP contribution in [-0.2, 0) is 4.79 Å². The number of aliphatic hydroxyl groups excluding tert-OH is 2. The lowest BCUT2D eigenvalue weighted by molar-refractivity contribution is -0.138. The molecule has 108 valence electrons. The van der Waals surface area contributed by atoms with Crippen molar-refractivity contribution in [3.63, 3.8) is 0 Å². The van der Waals surface area contributed by atoms with Crippen LogP contribution in [0.1, 0.15) is 12.8 Å². The number of nitrogens with two attached hydrogens (primary N) is 2. The zero-order chi connectivity index (χ0) is 14.0. The number of guanidine groups is 1. The minimum Gasteiger partial charge on any atom is -0.388 e. The number of hydrogen-bond acceptors (Lipinski definition) is 5. The van der Waals surface area contributed by atoms with Crippen LogP contribution in [0.15, 0.2) is 4.99 Å². The summed E-state index contributed by atoms with van der Waals surface area (Å²) < 4.78 is 0. The third-order valence-corrected chi connectivity index (χ3v) is 3.67. The summed E-state index contributed by atoms with van der Waals surface area (Å²) >= 11 is 0. The molecule has 0 radical (unpaired) electrons. The van der Waals surface area contributed by atoms with E-state index in [4.69, 9.17) is 11.5 Å². The topological polar surface area (TPSA) is 137 Å². The molecule has 0 spiro atoms. The maximum Gasteiger partial charge on any atom is 0.240 e. The summed E-state index contributed by atoms with van der Waals surface area (Å²) in [6, 6.07) is -0.612. The van der Waals surface area contributed by atoms with Crippen molar-refractivity contribution in [1.82, 2.24) is 10.2 Å². The van der Waals surface area contributed by atoms with Gasteiger partial charge in [-0.1, -0.05) is 0 Å². The molecule has 19 heavy (non-hydrogen) atoms. The quantitative estimate of drug-likeness (QED) is 0.209. The number of aliphatic hydroxyl groups is 2. The van der Waals surface area contributed by atoms with Crippen molar-refractivity contribution < 1.29 is 15.0 Å². The van der Waals surface area contributed by atoms with Crippen molar-refractivity contribution in [2.45, 2.75) is 37.1 Å². The molecular weight excluding hydrogens is 250 g/mol. The summed E-state index contributed by atoms with van der Waals surface area (Å²) in [6.07, 6.45) is -0.383.